The van der Waals surface area contributed by atoms with Gasteiger partial charge in [0.2, 0.25) is 0 Å². The number of imidazole rings is 1. The van der Waals surface area contributed by atoms with Gasteiger partial charge in [-0.05, 0) is 67.0 Å². The molecule has 0 saturated carbocycles. The fraction of sp³-hybridized carbons (Fsp3) is 0.296. The number of methoxy groups -OCH3 is 2. The molecule has 0 spiro atoms. The van der Waals surface area contributed by atoms with E-state index < -0.39 is 0 Å². The van der Waals surface area contributed by atoms with Crippen LogP contribution in [0.25, 0.3) is 28.0 Å². The Hall–Kier alpha value is -3.06. The predicted octanol–water partition coefficient (Wildman–Crippen LogP) is 5.13. The largest absolute Gasteiger partial charge is 0.493 e. The summed E-state index contributed by atoms with van der Waals surface area (Å²) in [5, 5.41) is 4.22. The van der Waals surface area contributed by atoms with Crippen molar-refractivity contribution in [3.8, 4) is 33.9 Å². The van der Waals surface area contributed by atoms with E-state index in [9.17, 15) is 0 Å². The van der Waals surface area contributed by atoms with E-state index in [4.69, 9.17) is 26.1 Å². The van der Waals surface area contributed by atoms with E-state index in [1.54, 1.807) is 14.2 Å². The van der Waals surface area contributed by atoms with E-state index in [0.717, 1.165) is 77.9 Å². The first-order valence-electron chi connectivity index (χ1n) is 11.6. The lowest BCUT2D eigenvalue weighted by Crippen LogP contribution is -2.28. The van der Waals surface area contributed by atoms with Crippen molar-refractivity contribution in [2.75, 3.05) is 40.4 Å². The van der Waals surface area contributed by atoms with Gasteiger partial charge in [0.05, 0.1) is 25.6 Å². The molecule has 1 aliphatic heterocycles. The zero-order valence-corrected chi connectivity index (χ0v) is 20.3. The maximum atomic E-state index is 6.17. The molecule has 0 unspecified atom stereocenters. The van der Waals surface area contributed by atoms with E-state index in [0.29, 0.717) is 5.75 Å². The molecular weight excluding hydrogens is 448 g/mol. The minimum absolute atomic E-state index is 0.713. The van der Waals surface area contributed by atoms with Crippen molar-refractivity contribution in [2.24, 2.45) is 0 Å². The predicted molar refractivity (Wildman–Crippen MR) is 137 cm³/mol. The first kappa shape index (κ1) is 22.7. The van der Waals surface area contributed by atoms with Crippen LogP contribution < -0.4 is 14.8 Å². The summed E-state index contributed by atoms with van der Waals surface area (Å²) < 4.78 is 13.2. The fourth-order valence-corrected chi connectivity index (χ4v) is 4.67. The molecule has 1 N–H and O–H groups in total. The summed E-state index contributed by atoms with van der Waals surface area (Å²) in [5.74, 6) is 1.43. The summed E-state index contributed by atoms with van der Waals surface area (Å²) in [4.78, 5) is 7.54. The van der Waals surface area contributed by atoms with Gasteiger partial charge in [-0.25, -0.2) is 4.98 Å². The van der Waals surface area contributed by atoms with Crippen LogP contribution in [0.1, 0.15) is 12.1 Å². The normalized spacial score (nSPS) is 14.8. The quantitative estimate of drug-likeness (QED) is 0.418. The maximum absolute atomic E-state index is 6.17. The summed E-state index contributed by atoms with van der Waals surface area (Å²) in [6.45, 7) is 4.98. The van der Waals surface area contributed by atoms with Crippen molar-refractivity contribution in [1.82, 2.24) is 19.6 Å². The molecule has 5 rings (SSSR count). The Kier molecular flexibility index (Phi) is 6.72. The molecule has 1 aliphatic rings. The van der Waals surface area contributed by atoms with E-state index >= 15 is 0 Å². The second kappa shape index (κ2) is 10.1. The number of ether oxygens (including phenoxy) is 2. The Labute approximate surface area is 205 Å². The summed E-state index contributed by atoms with van der Waals surface area (Å²) >= 11 is 6.17. The zero-order valence-electron chi connectivity index (χ0n) is 19.6. The van der Waals surface area contributed by atoms with E-state index in [1.807, 2.05) is 36.4 Å². The molecule has 176 valence electrons. The number of hydrogen-bond acceptors (Lipinski definition) is 5. The molecule has 0 amide bonds. The van der Waals surface area contributed by atoms with Crippen LogP contribution in [0.4, 0.5) is 0 Å². The highest BCUT2D eigenvalue weighted by atomic mass is 35.5. The molecule has 7 heteroatoms. The molecule has 0 aliphatic carbocycles. The topological polar surface area (TPSA) is 51.0 Å². The second-order valence-corrected chi connectivity index (χ2v) is 8.95. The van der Waals surface area contributed by atoms with Gasteiger partial charge in [0.1, 0.15) is 5.65 Å². The highest BCUT2D eigenvalue weighted by Gasteiger charge is 2.19. The average Bonchev–Trinajstić information content (AvgIpc) is 3.03. The number of hydrogen-bond donors (Lipinski definition) is 1. The highest BCUT2D eigenvalue weighted by Crippen LogP contribution is 2.34. The number of aromatic nitrogens is 2. The van der Waals surface area contributed by atoms with Gasteiger partial charge in [-0.2, -0.15) is 0 Å². The van der Waals surface area contributed by atoms with Crippen LogP contribution in [0.5, 0.6) is 11.5 Å². The van der Waals surface area contributed by atoms with E-state index in [2.05, 4.69) is 39.0 Å². The first-order valence-corrected chi connectivity index (χ1v) is 12.0. The minimum Gasteiger partial charge on any atom is -0.493 e. The van der Waals surface area contributed by atoms with E-state index in [1.165, 1.54) is 5.69 Å². The van der Waals surface area contributed by atoms with Gasteiger partial charge in [0, 0.05) is 36.4 Å². The monoisotopic (exact) mass is 476 g/mol. The molecule has 0 atom stereocenters. The van der Waals surface area contributed by atoms with Crippen molar-refractivity contribution in [3.05, 3.63) is 71.5 Å². The van der Waals surface area contributed by atoms with Crippen LogP contribution in [0.2, 0.25) is 5.02 Å². The third-order valence-electron chi connectivity index (χ3n) is 6.36. The van der Waals surface area contributed by atoms with Gasteiger partial charge in [-0.15, -0.1) is 0 Å². The molecule has 4 aromatic rings. The minimum atomic E-state index is 0.713. The van der Waals surface area contributed by atoms with Gasteiger partial charge >= 0.3 is 0 Å². The summed E-state index contributed by atoms with van der Waals surface area (Å²) in [7, 11) is 3.31. The fourth-order valence-electron chi connectivity index (χ4n) is 4.54. The van der Waals surface area contributed by atoms with Crippen LogP contribution in [0.3, 0.4) is 0 Å². The summed E-state index contributed by atoms with van der Waals surface area (Å²) in [5.41, 5.74) is 6.33. The van der Waals surface area contributed by atoms with Crippen LogP contribution in [-0.2, 0) is 6.54 Å². The Morgan fingerprint density at radius 1 is 0.882 bits per heavy atom. The molecule has 0 radical (unpaired) electrons. The first-order chi connectivity index (χ1) is 16.7. The lowest BCUT2D eigenvalue weighted by atomic mass is 10.1. The smallest absolute Gasteiger partial charge is 0.161 e. The molecule has 2 aromatic heterocycles. The molecular formula is C27H29ClN4O2. The number of fused-ring (bicyclic) bond motifs is 1. The number of nitrogens with one attached hydrogen (secondary N) is 1. The van der Waals surface area contributed by atoms with Crippen LogP contribution >= 0.6 is 11.6 Å². The van der Waals surface area contributed by atoms with Crippen molar-refractivity contribution in [2.45, 2.75) is 13.0 Å². The molecule has 34 heavy (non-hydrogen) atoms. The van der Waals surface area contributed by atoms with Crippen molar-refractivity contribution >= 4 is 17.2 Å². The number of benzene rings is 2. The summed E-state index contributed by atoms with van der Waals surface area (Å²) in [6.07, 6.45) is 3.32. The lowest BCUT2D eigenvalue weighted by Gasteiger charge is -2.20. The van der Waals surface area contributed by atoms with Gasteiger partial charge in [0.15, 0.2) is 11.5 Å². The Morgan fingerprint density at radius 2 is 1.65 bits per heavy atom. The van der Waals surface area contributed by atoms with E-state index in [-0.39, 0.29) is 0 Å². The molecule has 1 fully saturated rings. The van der Waals surface area contributed by atoms with Crippen molar-refractivity contribution < 1.29 is 9.47 Å². The molecule has 0 bridgehead atoms. The molecule has 3 heterocycles. The van der Waals surface area contributed by atoms with Crippen LogP contribution in [0, 0.1) is 0 Å². The number of nitrogens with zero attached hydrogens (tertiary/aromatic N) is 3. The van der Waals surface area contributed by atoms with Crippen molar-refractivity contribution in [1.29, 1.82) is 0 Å². The van der Waals surface area contributed by atoms with Crippen LogP contribution in [-0.4, -0.2) is 54.7 Å². The zero-order chi connectivity index (χ0) is 23.5. The van der Waals surface area contributed by atoms with Crippen molar-refractivity contribution in [3.63, 3.8) is 0 Å². The highest BCUT2D eigenvalue weighted by molar-refractivity contribution is 6.30. The van der Waals surface area contributed by atoms with Gasteiger partial charge < -0.3 is 19.2 Å². The third kappa shape index (κ3) is 4.62. The SMILES string of the molecule is COc1ccc(-c2ccc3nc(-c4ccc(Cl)cc4)c(CN4CCCNCC4)n3c2)cc1OC. The lowest BCUT2D eigenvalue weighted by molar-refractivity contribution is 0.281. The number of rotatable bonds is 6. The molecule has 1 saturated heterocycles. The second-order valence-electron chi connectivity index (χ2n) is 8.51. The van der Waals surface area contributed by atoms with Crippen LogP contribution in [0.15, 0.2) is 60.8 Å². The standard InChI is InChI=1S/C27H29ClN4O2/c1-33-24-10-6-20(16-25(24)34-2)21-7-11-26-30-27(19-4-8-22(28)9-5-19)23(32(26)17-21)18-31-14-3-12-29-13-15-31/h4-11,16-17,29H,3,12-15,18H2,1-2H3. The Morgan fingerprint density at radius 3 is 2.44 bits per heavy atom. The number of pyridine rings is 1. The Balaban J connectivity index is 1.61. The Bertz CT molecular complexity index is 1280. The maximum Gasteiger partial charge on any atom is 0.161 e. The summed E-state index contributed by atoms with van der Waals surface area (Å²) in [6, 6.07) is 18.1. The molecule has 2 aromatic carbocycles. The third-order valence-corrected chi connectivity index (χ3v) is 6.61. The van der Waals surface area contributed by atoms with Gasteiger partial charge in [0.25, 0.3) is 0 Å². The van der Waals surface area contributed by atoms with Gasteiger partial charge in [-0.1, -0.05) is 29.8 Å². The number of halogens is 1. The molecule has 6 nitrogen and oxygen atoms in total. The van der Waals surface area contributed by atoms with Gasteiger partial charge in [-0.3, -0.25) is 4.90 Å². The average molecular weight is 477 g/mol.